The van der Waals surface area contributed by atoms with Crippen LogP contribution in [0.3, 0.4) is 0 Å². The van der Waals surface area contributed by atoms with Crippen LogP contribution in [0.25, 0.3) is 16.8 Å². The van der Waals surface area contributed by atoms with E-state index in [2.05, 4.69) is 11.9 Å². The first-order chi connectivity index (χ1) is 17.0. The van der Waals surface area contributed by atoms with Gasteiger partial charge in [-0.2, -0.15) is 0 Å². The smallest absolute Gasteiger partial charge is 0.260 e. The van der Waals surface area contributed by atoms with Crippen molar-refractivity contribution in [2.75, 3.05) is 11.9 Å². The molecule has 0 aliphatic carbocycles. The monoisotopic (exact) mass is 492 g/mol. The zero-order chi connectivity index (χ0) is 25.9. The third kappa shape index (κ3) is 3.91. The molecule has 2 aromatic carbocycles. The number of amides is 1. The van der Waals surface area contributed by atoms with Crippen molar-refractivity contribution in [1.29, 1.82) is 0 Å². The Labute approximate surface area is 208 Å². The van der Waals surface area contributed by atoms with Gasteiger partial charge in [0.1, 0.15) is 29.4 Å². The lowest BCUT2D eigenvalue weighted by Gasteiger charge is -2.44. The number of nitrogens with zero attached hydrogens (tertiary/aromatic N) is 1. The second-order valence-electron chi connectivity index (χ2n) is 10.0. The van der Waals surface area contributed by atoms with Gasteiger partial charge in [-0.15, -0.1) is 0 Å². The minimum atomic E-state index is -1.20. The van der Waals surface area contributed by atoms with E-state index in [0.29, 0.717) is 28.3 Å². The van der Waals surface area contributed by atoms with E-state index >= 15 is 0 Å². The number of aliphatic hydroxyl groups is 3. The number of hydrogen-bond donors (Lipinski definition) is 4. The number of carbonyl (C=O) groups is 1. The Hall–Kier alpha value is -3.46. The van der Waals surface area contributed by atoms with E-state index in [1.807, 2.05) is 44.2 Å². The fourth-order valence-electron chi connectivity index (χ4n) is 5.15. The van der Waals surface area contributed by atoms with Crippen molar-refractivity contribution < 1.29 is 29.2 Å². The van der Waals surface area contributed by atoms with Crippen LogP contribution in [0, 0.1) is 5.82 Å². The van der Waals surface area contributed by atoms with E-state index in [0.717, 1.165) is 16.7 Å². The maximum Gasteiger partial charge on any atom is 0.260 e. The molecule has 0 saturated carbocycles. The number of benzene rings is 2. The van der Waals surface area contributed by atoms with Crippen molar-refractivity contribution in [3.05, 3.63) is 83.4 Å². The van der Waals surface area contributed by atoms with Crippen LogP contribution in [0.15, 0.2) is 60.9 Å². The number of piperidine rings is 1. The van der Waals surface area contributed by atoms with E-state index in [-0.39, 0.29) is 12.5 Å². The summed E-state index contributed by atoms with van der Waals surface area (Å²) in [6.07, 6.45) is -1.51. The fourth-order valence-corrected chi connectivity index (χ4v) is 5.15. The molecule has 8 heteroatoms. The van der Waals surface area contributed by atoms with E-state index in [9.17, 15) is 24.5 Å². The lowest BCUT2D eigenvalue weighted by atomic mass is 9.90. The van der Waals surface area contributed by atoms with Gasteiger partial charge in [-0.1, -0.05) is 30.8 Å². The normalized spacial score (nSPS) is 28.9. The number of allylic oxidation sites excluding steroid dienone is 1. The van der Waals surface area contributed by atoms with Gasteiger partial charge in [0.25, 0.3) is 5.91 Å². The number of carbonyl (C=O) groups excluding carboxylic acids is 1. The molecule has 1 fully saturated rings. The molecule has 0 radical (unpaired) electrons. The molecule has 1 saturated heterocycles. The summed E-state index contributed by atoms with van der Waals surface area (Å²) in [4.78, 5) is 14.5. The van der Waals surface area contributed by atoms with Crippen LogP contribution in [-0.2, 0) is 9.53 Å². The van der Waals surface area contributed by atoms with Crippen LogP contribution in [0.5, 0.6) is 0 Å². The SMILES string of the molecule is C=C(c1ccc(C2=C/C(=C3\C(=O)Nc4cc(F)ccc43)OC2(C)C)cc1)N1CC(O)[C@H](O)[C@H](O)[C@@H]1C. The molecule has 3 heterocycles. The van der Waals surface area contributed by atoms with Gasteiger partial charge in [-0.05, 0) is 56.2 Å². The van der Waals surface area contributed by atoms with Crippen LogP contribution in [0.2, 0.25) is 0 Å². The van der Waals surface area contributed by atoms with Crippen molar-refractivity contribution in [2.24, 2.45) is 0 Å². The van der Waals surface area contributed by atoms with Gasteiger partial charge in [-0.25, -0.2) is 4.39 Å². The molecule has 4 atom stereocenters. The summed E-state index contributed by atoms with van der Waals surface area (Å²) in [5, 5.41) is 33.0. The molecule has 3 aliphatic rings. The maximum absolute atomic E-state index is 13.6. The molecule has 1 unspecified atom stereocenters. The number of halogens is 1. The molecule has 188 valence electrons. The zero-order valence-corrected chi connectivity index (χ0v) is 20.3. The molecule has 0 spiro atoms. The molecule has 0 bridgehead atoms. The standard InChI is InChI=1S/C28H29FN2O5/c1-14(31-13-22(32)26(34)25(33)15(31)2)16-5-7-17(8-6-16)20-12-23(36-28(20,3)4)24-19-10-9-18(29)11-21(19)30-27(24)35/h5-12,15,22,25-26,32-34H,1,13H2,2-4H3,(H,30,35)/b24-23+/t15-,22?,25+,26-/m0/s1. The van der Waals surface area contributed by atoms with Crippen molar-refractivity contribution in [1.82, 2.24) is 4.90 Å². The molecule has 3 aliphatic heterocycles. The summed E-state index contributed by atoms with van der Waals surface area (Å²) in [7, 11) is 0. The quantitative estimate of drug-likeness (QED) is 0.491. The largest absolute Gasteiger partial charge is 0.482 e. The van der Waals surface area contributed by atoms with Crippen LogP contribution >= 0.6 is 0 Å². The molecule has 0 aromatic heterocycles. The predicted molar refractivity (Wildman–Crippen MR) is 135 cm³/mol. The predicted octanol–water partition coefficient (Wildman–Crippen LogP) is 3.14. The Bertz CT molecular complexity index is 1310. The van der Waals surface area contributed by atoms with E-state index in [1.165, 1.54) is 12.1 Å². The zero-order valence-electron chi connectivity index (χ0n) is 20.3. The fraction of sp³-hybridized carbons (Fsp3) is 0.321. The second kappa shape index (κ2) is 8.58. The van der Waals surface area contributed by atoms with Crippen molar-refractivity contribution in [3.63, 3.8) is 0 Å². The maximum atomic E-state index is 13.6. The van der Waals surface area contributed by atoms with Crippen LogP contribution in [-0.4, -0.2) is 62.6 Å². The van der Waals surface area contributed by atoms with Crippen LogP contribution in [0.4, 0.5) is 10.1 Å². The van der Waals surface area contributed by atoms with Crippen molar-refractivity contribution in [3.8, 4) is 0 Å². The van der Waals surface area contributed by atoms with Gasteiger partial charge in [0.15, 0.2) is 0 Å². The lowest BCUT2D eigenvalue weighted by Crippen LogP contribution is -2.59. The Balaban J connectivity index is 1.45. The van der Waals surface area contributed by atoms with Gasteiger partial charge in [-0.3, -0.25) is 4.79 Å². The Morgan fingerprint density at radius 1 is 1.14 bits per heavy atom. The molecule has 1 amide bonds. The summed E-state index contributed by atoms with van der Waals surface area (Å²) >= 11 is 0. The van der Waals surface area contributed by atoms with E-state index in [1.54, 1.807) is 17.9 Å². The van der Waals surface area contributed by atoms with E-state index < -0.39 is 35.8 Å². The van der Waals surface area contributed by atoms with Crippen LogP contribution in [0.1, 0.15) is 37.5 Å². The minimum Gasteiger partial charge on any atom is -0.482 e. The first kappa shape index (κ1) is 24.2. The first-order valence-corrected chi connectivity index (χ1v) is 11.8. The Kier molecular flexibility index (Phi) is 5.78. The van der Waals surface area contributed by atoms with Gasteiger partial charge >= 0.3 is 0 Å². The molecule has 5 rings (SSSR count). The first-order valence-electron chi connectivity index (χ1n) is 11.8. The number of nitrogens with one attached hydrogen (secondary N) is 1. The van der Waals surface area contributed by atoms with Crippen LogP contribution < -0.4 is 5.32 Å². The van der Waals surface area contributed by atoms with Crippen molar-refractivity contribution >= 4 is 28.4 Å². The van der Waals surface area contributed by atoms with Gasteiger partial charge < -0.3 is 30.3 Å². The Morgan fingerprint density at radius 2 is 1.83 bits per heavy atom. The number of hydrogen-bond acceptors (Lipinski definition) is 6. The molecule has 36 heavy (non-hydrogen) atoms. The highest BCUT2D eigenvalue weighted by Crippen LogP contribution is 2.44. The highest BCUT2D eigenvalue weighted by Gasteiger charge is 2.40. The number of aliphatic hydroxyl groups excluding tert-OH is 3. The summed E-state index contributed by atoms with van der Waals surface area (Å²) in [6, 6.07) is 11.4. The molecule has 4 N–H and O–H groups in total. The third-order valence-electron chi connectivity index (χ3n) is 7.25. The number of anilines is 1. The molecular weight excluding hydrogens is 463 g/mol. The minimum absolute atomic E-state index is 0.163. The number of β-amino-alcohol motifs (C(OH)–C–C–N with tert-alkyl or cyclic N) is 1. The highest BCUT2D eigenvalue weighted by molar-refractivity contribution is 6.32. The average Bonchev–Trinajstić information content (AvgIpc) is 3.33. The second-order valence-corrected chi connectivity index (χ2v) is 10.0. The number of fused-ring (bicyclic) bond motifs is 1. The number of likely N-dealkylation sites (tertiary alicyclic amines) is 1. The average molecular weight is 493 g/mol. The summed E-state index contributed by atoms with van der Waals surface area (Å²) in [6.45, 7) is 9.93. The summed E-state index contributed by atoms with van der Waals surface area (Å²) in [5.41, 5.74) is 3.89. The molecular formula is C28H29FN2O5. The summed E-state index contributed by atoms with van der Waals surface area (Å²) < 4.78 is 19.8. The van der Waals surface area contributed by atoms with Gasteiger partial charge in [0, 0.05) is 23.4 Å². The summed E-state index contributed by atoms with van der Waals surface area (Å²) in [5.74, 6) is -0.337. The molecule has 7 nitrogen and oxygen atoms in total. The van der Waals surface area contributed by atoms with Gasteiger partial charge in [0.05, 0.1) is 23.4 Å². The molecule has 2 aromatic rings. The number of rotatable bonds is 3. The topological polar surface area (TPSA) is 102 Å². The van der Waals surface area contributed by atoms with Crippen molar-refractivity contribution in [2.45, 2.75) is 50.7 Å². The third-order valence-corrected chi connectivity index (χ3v) is 7.25. The van der Waals surface area contributed by atoms with E-state index in [4.69, 9.17) is 4.74 Å². The number of ether oxygens (including phenoxy) is 1. The highest BCUT2D eigenvalue weighted by atomic mass is 19.1. The lowest BCUT2D eigenvalue weighted by molar-refractivity contribution is -0.119. The Morgan fingerprint density at radius 3 is 2.53 bits per heavy atom. The van der Waals surface area contributed by atoms with Gasteiger partial charge in [0.2, 0.25) is 0 Å².